The maximum atomic E-state index is 14.3. The predicted octanol–water partition coefficient (Wildman–Crippen LogP) is 5.34. The zero-order valence-corrected chi connectivity index (χ0v) is 16.8. The molecule has 0 aliphatic carbocycles. The maximum Gasteiger partial charge on any atom is 0.204 e. The number of nitrogen functional groups attached to an aromatic ring is 1. The summed E-state index contributed by atoms with van der Waals surface area (Å²) in [5, 5.41) is 8.87. The first-order valence-corrected chi connectivity index (χ1v) is 11.7. The van der Waals surface area contributed by atoms with Gasteiger partial charge in [-0.15, -0.1) is 5.54 Å². The van der Waals surface area contributed by atoms with Crippen LogP contribution in [0.5, 0.6) is 11.5 Å². The molecular formula is C18H14BrF3N2OSi. The lowest BCUT2D eigenvalue weighted by Gasteiger charge is -2.14. The van der Waals surface area contributed by atoms with Gasteiger partial charge in [-0.2, -0.15) is 9.65 Å². The number of rotatable bonds is 2. The van der Waals surface area contributed by atoms with Crippen molar-refractivity contribution in [2.75, 3.05) is 5.73 Å². The second-order valence-corrected chi connectivity index (χ2v) is 12.0. The monoisotopic (exact) mass is 438 g/mol. The number of anilines is 1. The molecule has 134 valence electrons. The van der Waals surface area contributed by atoms with E-state index in [-0.39, 0.29) is 21.3 Å². The Balaban J connectivity index is 2.61. The third-order valence-electron chi connectivity index (χ3n) is 3.16. The molecule has 0 saturated heterocycles. The van der Waals surface area contributed by atoms with Gasteiger partial charge < -0.3 is 10.5 Å². The van der Waals surface area contributed by atoms with Crippen LogP contribution in [0.2, 0.25) is 19.6 Å². The predicted molar refractivity (Wildman–Crippen MR) is 99.9 cm³/mol. The zero-order chi connectivity index (χ0) is 19.6. The molecule has 0 radical (unpaired) electrons. The third-order valence-corrected chi connectivity index (χ3v) is 4.79. The maximum absolute atomic E-state index is 14.3. The van der Waals surface area contributed by atoms with E-state index >= 15 is 0 Å². The molecule has 0 atom stereocenters. The Labute approximate surface area is 158 Å². The van der Waals surface area contributed by atoms with Crippen LogP contribution in [0.4, 0.5) is 18.9 Å². The SMILES string of the molecule is C[Si](C)(C)C#Cc1c(N)c(F)c(F)c(Oc2ccc(F)c(C#N)c2)c1Br. The summed E-state index contributed by atoms with van der Waals surface area (Å²) in [6.45, 7) is 5.97. The molecule has 2 N–H and O–H groups in total. The van der Waals surface area contributed by atoms with Gasteiger partial charge in [-0.3, -0.25) is 0 Å². The van der Waals surface area contributed by atoms with E-state index in [1.807, 2.05) is 19.6 Å². The number of nitrogens with two attached hydrogens (primary N) is 1. The molecule has 0 saturated carbocycles. The topological polar surface area (TPSA) is 59.0 Å². The molecule has 3 nitrogen and oxygen atoms in total. The first-order valence-electron chi connectivity index (χ1n) is 7.41. The second-order valence-electron chi connectivity index (χ2n) is 6.42. The van der Waals surface area contributed by atoms with E-state index in [4.69, 9.17) is 15.7 Å². The van der Waals surface area contributed by atoms with Crippen LogP contribution in [0.1, 0.15) is 11.1 Å². The molecule has 0 bridgehead atoms. The Kier molecular flexibility index (Phi) is 5.70. The van der Waals surface area contributed by atoms with Crippen LogP contribution in [0.25, 0.3) is 0 Å². The van der Waals surface area contributed by atoms with Gasteiger partial charge >= 0.3 is 0 Å². The molecule has 0 aromatic heterocycles. The fourth-order valence-electron chi connectivity index (χ4n) is 1.89. The average molecular weight is 439 g/mol. The van der Waals surface area contributed by atoms with E-state index in [2.05, 4.69) is 27.4 Å². The Bertz CT molecular complexity index is 985. The summed E-state index contributed by atoms with van der Waals surface area (Å²) in [7, 11) is -1.80. The highest BCUT2D eigenvalue weighted by Gasteiger charge is 2.23. The highest BCUT2D eigenvalue weighted by Crippen LogP contribution is 2.40. The van der Waals surface area contributed by atoms with Crippen molar-refractivity contribution in [1.29, 1.82) is 5.26 Å². The summed E-state index contributed by atoms with van der Waals surface area (Å²) in [6.07, 6.45) is 0. The summed E-state index contributed by atoms with van der Waals surface area (Å²) in [5.41, 5.74) is 8.05. The molecule has 8 heteroatoms. The van der Waals surface area contributed by atoms with Gasteiger partial charge in [-0.05, 0) is 28.1 Å². The lowest BCUT2D eigenvalue weighted by Crippen LogP contribution is -2.16. The number of benzene rings is 2. The Morgan fingerprint density at radius 1 is 1.15 bits per heavy atom. The van der Waals surface area contributed by atoms with E-state index in [1.54, 1.807) is 6.07 Å². The van der Waals surface area contributed by atoms with Crippen LogP contribution in [0.3, 0.4) is 0 Å². The van der Waals surface area contributed by atoms with Gasteiger partial charge in [0, 0.05) is 6.07 Å². The molecule has 0 fully saturated rings. The van der Waals surface area contributed by atoms with E-state index < -0.39 is 37.0 Å². The lowest BCUT2D eigenvalue weighted by molar-refractivity contribution is 0.413. The highest BCUT2D eigenvalue weighted by molar-refractivity contribution is 9.10. The standard InChI is InChI=1S/C18H14BrF3N2OSi/c1-26(2,3)7-6-12-14(19)18(16(22)15(21)17(12)24)25-11-4-5-13(20)10(8-11)9-23/h4-5,8H,24H2,1-3H3. The number of halogens is 4. The quantitative estimate of drug-likeness (QED) is 0.297. The van der Waals surface area contributed by atoms with Gasteiger partial charge in [0.05, 0.1) is 21.3 Å². The number of hydrogen-bond acceptors (Lipinski definition) is 3. The van der Waals surface area contributed by atoms with Crippen LogP contribution in [0, 0.1) is 40.2 Å². The summed E-state index contributed by atoms with van der Waals surface area (Å²) < 4.78 is 47.3. The van der Waals surface area contributed by atoms with Crippen molar-refractivity contribution in [1.82, 2.24) is 0 Å². The summed E-state index contributed by atoms with van der Waals surface area (Å²) in [6, 6.07) is 4.93. The largest absolute Gasteiger partial charge is 0.453 e. The summed E-state index contributed by atoms with van der Waals surface area (Å²) in [5.74, 6) is -1.06. The van der Waals surface area contributed by atoms with Gasteiger partial charge in [-0.25, -0.2) is 8.78 Å². The smallest absolute Gasteiger partial charge is 0.204 e. The fraction of sp³-hybridized carbons (Fsp3) is 0.167. The van der Waals surface area contributed by atoms with E-state index in [1.165, 1.54) is 6.07 Å². The average Bonchev–Trinajstić information content (AvgIpc) is 2.57. The molecule has 0 spiro atoms. The van der Waals surface area contributed by atoms with Gasteiger partial charge in [0.1, 0.15) is 25.7 Å². The van der Waals surface area contributed by atoms with E-state index in [0.717, 1.165) is 12.1 Å². The van der Waals surface area contributed by atoms with Crippen LogP contribution < -0.4 is 10.5 Å². The molecule has 0 aliphatic heterocycles. The van der Waals surface area contributed by atoms with Crippen LogP contribution in [0.15, 0.2) is 22.7 Å². The lowest BCUT2D eigenvalue weighted by atomic mass is 10.1. The molecule has 2 aromatic carbocycles. The Morgan fingerprint density at radius 2 is 1.81 bits per heavy atom. The van der Waals surface area contributed by atoms with Crippen molar-refractivity contribution < 1.29 is 17.9 Å². The molecular weight excluding hydrogens is 425 g/mol. The molecule has 0 aliphatic rings. The first kappa shape index (κ1) is 19.9. The summed E-state index contributed by atoms with van der Waals surface area (Å²) >= 11 is 3.15. The Morgan fingerprint density at radius 3 is 2.38 bits per heavy atom. The number of hydrogen-bond donors (Lipinski definition) is 1. The van der Waals surface area contributed by atoms with Crippen molar-refractivity contribution in [2.24, 2.45) is 0 Å². The molecule has 0 heterocycles. The van der Waals surface area contributed by atoms with Gasteiger partial charge in [-0.1, -0.05) is 25.6 Å². The number of nitriles is 1. The number of nitrogens with zero attached hydrogens (tertiary/aromatic N) is 1. The highest BCUT2D eigenvalue weighted by atomic mass is 79.9. The molecule has 0 unspecified atom stereocenters. The van der Waals surface area contributed by atoms with Crippen molar-refractivity contribution in [3.05, 3.63) is 51.3 Å². The first-order chi connectivity index (χ1) is 12.0. The van der Waals surface area contributed by atoms with Gasteiger partial charge in [0.15, 0.2) is 11.6 Å². The second kappa shape index (κ2) is 7.44. The minimum Gasteiger partial charge on any atom is -0.453 e. The van der Waals surface area contributed by atoms with Crippen molar-refractivity contribution >= 4 is 29.7 Å². The molecule has 2 aromatic rings. The van der Waals surface area contributed by atoms with Crippen LogP contribution in [-0.2, 0) is 0 Å². The Hall–Kier alpha value is -2.42. The van der Waals surface area contributed by atoms with Gasteiger partial charge in [0.2, 0.25) is 5.82 Å². The molecule has 2 rings (SSSR count). The van der Waals surface area contributed by atoms with Crippen molar-refractivity contribution in [3.63, 3.8) is 0 Å². The minimum atomic E-state index is -1.80. The third kappa shape index (κ3) is 4.21. The van der Waals surface area contributed by atoms with Crippen molar-refractivity contribution in [2.45, 2.75) is 19.6 Å². The van der Waals surface area contributed by atoms with Crippen molar-refractivity contribution in [3.8, 4) is 29.0 Å². The van der Waals surface area contributed by atoms with Crippen LogP contribution >= 0.6 is 15.9 Å². The molecule has 0 amide bonds. The molecule has 26 heavy (non-hydrogen) atoms. The normalized spacial score (nSPS) is 10.7. The number of ether oxygens (including phenoxy) is 1. The minimum absolute atomic E-state index is 0.0316. The zero-order valence-electron chi connectivity index (χ0n) is 14.2. The van der Waals surface area contributed by atoms with E-state index in [0.29, 0.717) is 0 Å². The van der Waals surface area contributed by atoms with Gasteiger partial charge in [0.25, 0.3) is 0 Å². The van der Waals surface area contributed by atoms with Crippen LogP contribution in [-0.4, -0.2) is 8.07 Å². The van der Waals surface area contributed by atoms with E-state index in [9.17, 15) is 13.2 Å². The summed E-state index contributed by atoms with van der Waals surface area (Å²) in [4.78, 5) is 0. The fourth-order valence-corrected chi connectivity index (χ4v) is 2.96.